The van der Waals surface area contributed by atoms with Gasteiger partial charge in [-0.05, 0) is 49.7 Å². The normalized spacial score (nSPS) is 12.4. The van der Waals surface area contributed by atoms with Gasteiger partial charge in [-0.3, -0.25) is 0 Å². The van der Waals surface area contributed by atoms with Gasteiger partial charge in [-0.15, -0.1) is 0 Å². The van der Waals surface area contributed by atoms with Crippen LogP contribution in [0.5, 0.6) is 0 Å². The molecule has 0 amide bonds. The second-order valence-electron chi connectivity index (χ2n) is 4.40. The Morgan fingerprint density at radius 2 is 2.18 bits per heavy atom. The third-order valence-corrected chi connectivity index (χ3v) is 2.74. The maximum absolute atomic E-state index is 5.73. The van der Waals surface area contributed by atoms with Crippen molar-refractivity contribution in [1.29, 1.82) is 0 Å². The second kappa shape index (κ2) is 4.95. The molecule has 0 saturated carbocycles. The lowest BCUT2D eigenvalue weighted by molar-refractivity contribution is 0.498. The monoisotopic (exact) mass is 230 g/mol. The van der Waals surface area contributed by atoms with Crippen LogP contribution >= 0.6 is 0 Å². The largest absolute Gasteiger partial charge is 0.469 e. The summed E-state index contributed by atoms with van der Waals surface area (Å²) in [4.78, 5) is 0. The molecule has 1 atom stereocenters. The fraction of sp³-hybridized carbons (Fsp3) is 0.286. The van der Waals surface area contributed by atoms with Crippen LogP contribution in [0.25, 0.3) is 0 Å². The third kappa shape index (κ3) is 3.03. The lowest BCUT2D eigenvalue weighted by Gasteiger charge is -2.16. The second-order valence-corrected chi connectivity index (χ2v) is 4.40. The van der Waals surface area contributed by atoms with Gasteiger partial charge in [0.2, 0.25) is 0 Å². The average Bonchev–Trinajstić information content (AvgIpc) is 2.75. The molecule has 0 radical (unpaired) electrons. The van der Waals surface area contributed by atoms with Crippen LogP contribution in [-0.4, -0.2) is 6.04 Å². The molecule has 0 aliphatic rings. The first-order chi connectivity index (χ1) is 8.15. The minimum Gasteiger partial charge on any atom is -0.469 e. The molecule has 3 nitrogen and oxygen atoms in total. The topological polar surface area (TPSA) is 51.2 Å². The number of nitrogens with one attached hydrogen (secondary N) is 1. The van der Waals surface area contributed by atoms with Gasteiger partial charge in [-0.2, -0.15) is 0 Å². The Balaban J connectivity index is 2.00. The number of aryl methyl sites for hydroxylation is 1. The summed E-state index contributed by atoms with van der Waals surface area (Å²) in [5, 5.41) is 3.46. The molecule has 0 aliphatic carbocycles. The molecule has 90 valence electrons. The molecule has 17 heavy (non-hydrogen) atoms. The minimum atomic E-state index is 0.323. The van der Waals surface area contributed by atoms with Gasteiger partial charge in [0.1, 0.15) is 5.76 Å². The summed E-state index contributed by atoms with van der Waals surface area (Å²) >= 11 is 0. The number of anilines is 2. The molecule has 2 aromatic rings. The van der Waals surface area contributed by atoms with E-state index in [-0.39, 0.29) is 0 Å². The fourth-order valence-electron chi connectivity index (χ4n) is 1.90. The van der Waals surface area contributed by atoms with Crippen LogP contribution in [0.1, 0.15) is 18.2 Å². The quantitative estimate of drug-likeness (QED) is 0.793. The molecule has 1 unspecified atom stereocenters. The van der Waals surface area contributed by atoms with E-state index in [0.717, 1.165) is 29.1 Å². The maximum atomic E-state index is 5.73. The van der Waals surface area contributed by atoms with Crippen molar-refractivity contribution >= 4 is 11.4 Å². The van der Waals surface area contributed by atoms with Gasteiger partial charge < -0.3 is 15.5 Å². The number of furan rings is 1. The number of nitrogens with two attached hydrogens (primary N) is 1. The molecular formula is C14H18N2O. The van der Waals surface area contributed by atoms with Crippen LogP contribution in [0, 0.1) is 6.92 Å². The third-order valence-electron chi connectivity index (χ3n) is 2.74. The minimum absolute atomic E-state index is 0.323. The standard InChI is InChI=1S/C14H18N2O/c1-10-8-12(15)5-6-14(10)16-11(2)9-13-4-3-7-17-13/h3-8,11,16H,9,15H2,1-2H3. The molecule has 0 saturated heterocycles. The van der Waals surface area contributed by atoms with Gasteiger partial charge in [0.25, 0.3) is 0 Å². The summed E-state index contributed by atoms with van der Waals surface area (Å²) < 4.78 is 5.33. The van der Waals surface area contributed by atoms with Gasteiger partial charge in [0.15, 0.2) is 0 Å². The van der Waals surface area contributed by atoms with Gasteiger partial charge >= 0.3 is 0 Å². The zero-order valence-corrected chi connectivity index (χ0v) is 10.2. The molecular weight excluding hydrogens is 212 g/mol. The van der Waals surface area contributed by atoms with Crippen molar-refractivity contribution in [3.8, 4) is 0 Å². The first kappa shape index (κ1) is 11.6. The highest BCUT2D eigenvalue weighted by atomic mass is 16.3. The number of hydrogen-bond acceptors (Lipinski definition) is 3. The SMILES string of the molecule is Cc1cc(N)ccc1NC(C)Cc1ccco1. The van der Waals surface area contributed by atoms with Crippen LogP contribution in [-0.2, 0) is 6.42 Å². The molecule has 0 fully saturated rings. The molecule has 3 N–H and O–H groups in total. The van der Waals surface area contributed by atoms with Gasteiger partial charge in [0.05, 0.1) is 6.26 Å². The van der Waals surface area contributed by atoms with E-state index in [1.165, 1.54) is 0 Å². The van der Waals surface area contributed by atoms with Crippen molar-refractivity contribution in [3.05, 3.63) is 47.9 Å². The van der Waals surface area contributed by atoms with Gasteiger partial charge in [-0.1, -0.05) is 0 Å². The molecule has 0 aliphatic heterocycles. The van der Waals surface area contributed by atoms with Crippen molar-refractivity contribution in [3.63, 3.8) is 0 Å². The van der Waals surface area contributed by atoms with Crippen LogP contribution in [0.3, 0.4) is 0 Å². The van der Waals surface area contributed by atoms with E-state index < -0.39 is 0 Å². The van der Waals surface area contributed by atoms with E-state index >= 15 is 0 Å². The Labute approximate surface area is 102 Å². The first-order valence-electron chi connectivity index (χ1n) is 5.80. The average molecular weight is 230 g/mol. The zero-order chi connectivity index (χ0) is 12.3. The van der Waals surface area contributed by atoms with Crippen molar-refractivity contribution in [2.45, 2.75) is 26.3 Å². The highest BCUT2D eigenvalue weighted by molar-refractivity contribution is 5.57. The lowest BCUT2D eigenvalue weighted by Crippen LogP contribution is -2.18. The Morgan fingerprint density at radius 3 is 2.82 bits per heavy atom. The van der Waals surface area contributed by atoms with Crippen molar-refractivity contribution in [2.24, 2.45) is 0 Å². The van der Waals surface area contributed by atoms with Gasteiger partial charge in [-0.25, -0.2) is 0 Å². The van der Waals surface area contributed by atoms with E-state index in [4.69, 9.17) is 10.2 Å². The number of benzene rings is 1. The van der Waals surface area contributed by atoms with Crippen LogP contribution < -0.4 is 11.1 Å². The first-order valence-corrected chi connectivity index (χ1v) is 5.80. The molecule has 0 bridgehead atoms. The van der Waals surface area contributed by atoms with Gasteiger partial charge in [0, 0.05) is 23.8 Å². The number of hydrogen-bond donors (Lipinski definition) is 2. The van der Waals surface area contributed by atoms with E-state index in [2.05, 4.69) is 19.2 Å². The Hall–Kier alpha value is -1.90. The molecule has 1 heterocycles. The Kier molecular flexibility index (Phi) is 3.38. The molecule has 1 aromatic carbocycles. The van der Waals surface area contributed by atoms with Crippen LogP contribution in [0.15, 0.2) is 41.0 Å². The van der Waals surface area contributed by atoms with E-state index in [0.29, 0.717) is 6.04 Å². The lowest BCUT2D eigenvalue weighted by atomic mass is 10.1. The summed E-state index contributed by atoms with van der Waals surface area (Å²) in [7, 11) is 0. The predicted octanol–water partition coefficient (Wildman–Crippen LogP) is 3.21. The smallest absolute Gasteiger partial charge is 0.105 e. The zero-order valence-electron chi connectivity index (χ0n) is 10.2. The summed E-state index contributed by atoms with van der Waals surface area (Å²) in [6, 6.07) is 10.1. The summed E-state index contributed by atoms with van der Waals surface area (Å²) in [6.07, 6.45) is 2.58. The molecule has 3 heteroatoms. The summed E-state index contributed by atoms with van der Waals surface area (Å²) in [5.41, 5.74) is 8.81. The molecule has 0 spiro atoms. The highest BCUT2D eigenvalue weighted by Gasteiger charge is 2.07. The molecule has 1 aromatic heterocycles. The van der Waals surface area contributed by atoms with E-state index in [9.17, 15) is 0 Å². The predicted molar refractivity (Wildman–Crippen MR) is 71.1 cm³/mol. The fourth-order valence-corrected chi connectivity index (χ4v) is 1.90. The number of nitrogen functional groups attached to an aromatic ring is 1. The van der Waals surface area contributed by atoms with Crippen LogP contribution in [0.2, 0.25) is 0 Å². The van der Waals surface area contributed by atoms with E-state index in [1.807, 2.05) is 30.3 Å². The highest BCUT2D eigenvalue weighted by Crippen LogP contribution is 2.19. The van der Waals surface area contributed by atoms with Crippen molar-refractivity contribution in [2.75, 3.05) is 11.1 Å². The summed E-state index contributed by atoms with van der Waals surface area (Å²) in [5.74, 6) is 0.998. The summed E-state index contributed by atoms with van der Waals surface area (Å²) in [6.45, 7) is 4.19. The van der Waals surface area contributed by atoms with E-state index in [1.54, 1.807) is 6.26 Å². The molecule has 2 rings (SSSR count). The Bertz CT molecular complexity index is 477. The van der Waals surface area contributed by atoms with Crippen molar-refractivity contribution in [1.82, 2.24) is 0 Å². The number of rotatable bonds is 4. The maximum Gasteiger partial charge on any atom is 0.105 e. The van der Waals surface area contributed by atoms with Crippen molar-refractivity contribution < 1.29 is 4.42 Å². The van der Waals surface area contributed by atoms with Crippen LogP contribution in [0.4, 0.5) is 11.4 Å². The Morgan fingerprint density at radius 1 is 1.35 bits per heavy atom.